The number of aryl methyl sites for hydroxylation is 1. The maximum absolute atomic E-state index is 12.2. The number of methoxy groups -OCH3 is 1. The molecular formula is C16H16N4O4S. The second-order valence-electron chi connectivity index (χ2n) is 6.14. The van der Waals surface area contributed by atoms with Crippen molar-refractivity contribution < 1.29 is 17.6 Å². The Hall–Kier alpha value is -2.55. The van der Waals surface area contributed by atoms with E-state index < -0.39 is 9.84 Å². The van der Waals surface area contributed by atoms with Gasteiger partial charge in [-0.15, -0.1) is 0 Å². The number of hydrogen-bond donors (Lipinski definition) is 0. The summed E-state index contributed by atoms with van der Waals surface area (Å²) in [5.74, 6) is 0.854. The summed E-state index contributed by atoms with van der Waals surface area (Å²) in [7, 11) is -2.11. The van der Waals surface area contributed by atoms with E-state index in [4.69, 9.17) is 9.15 Å². The van der Waals surface area contributed by atoms with Gasteiger partial charge < -0.3 is 9.15 Å². The monoisotopic (exact) mass is 360 g/mol. The molecule has 4 rings (SSSR count). The van der Waals surface area contributed by atoms with Crippen LogP contribution >= 0.6 is 0 Å². The van der Waals surface area contributed by atoms with Crippen molar-refractivity contribution in [1.29, 1.82) is 0 Å². The zero-order valence-corrected chi connectivity index (χ0v) is 14.8. The largest absolute Gasteiger partial charge is 0.480 e. The first-order valence-electron chi connectivity index (χ1n) is 7.75. The van der Waals surface area contributed by atoms with Crippen LogP contribution in [0.4, 0.5) is 0 Å². The molecule has 1 aliphatic carbocycles. The molecule has 0 bridgehead atoms. The van der Waals surface area contributed by atoms with Gasteiger partial charge in [-0.05, 0) is 19.8 Å². The molecule has 0 aliphatic heterocycles. The number of ether oxygens (including phenoxy) is 1. The van der Waals surface area contributed by atoms with Crippen molar-refractivity contribution in [2.75, 3.05) is 13.4 Å². The Bertz CT molecular complexity index is 1090. The van der Waals surface area contributed by atoms with Crippen LogP contribution in [0.2, 0.25) is 0 Å². The van der Waals surface area contributed by atoms with Crippen molar-refractivity contribution in [1.82, 2.24) is 19.9 Å². The first kappa shape index (κ1) is 15.9. The molecule has 25 heavy (non-hydrogen) atoms. The third-order valence-corrected chi connectivity index (χ3v) is 5.11. The van der Waals surface area contributed by atoms with Crippen LogP contribution in [0.5, 0.6) is 5.88 Å². The number of aromatic nitrogens is 4. The Morgan fingerprint density at radius 3 is 2.64 bits per heavy atom. The van der Waals surface area contributed by atoms with Crippen LogP contribution in [0.1, 0.15) is 30.0 Å². The minimum Gasteiger partial charge on any atom is -0.480 e. The zero-order valence-electron chi connectivity index (χ0n) is 14.0. The highest BCUT2D eigenvalue weighted by Gasteiger charge is 2.32. The van der Waals surface area contributed by atoms with Crippen molar-refractivity contribution in [3.8, 4) is 17.3 Å². The Morgan fingerprint density at radius 1 is 1.24 bits per heavy atom. The summed E-state index contributed by atoms with van der Waals surface area (Å²) >= 11 is 0. The predicted molar refractivity (Wildman–Crippen MR) is 89.2 cm³/mol. The van der Waals surface area contributed by atoms with Crippen LogP contribution in [0.15, 0.2) is 22.0 Å². The molecule has 8 nitrogen and oxygen atoms in total. The number of fused-ring (bicyclic) bond motifs is 1. The lowest BCUT2D eigenvalue weighted by Gasteiger charge is -2.11. The Kier molecular flexibility index (Phi) is 3.50. The number of rotatable bonds is 4. The van der Waals surface area contributed by atoms with Gasteiger partial charge in [0.2, 0.25) is 10.9 Å². The van der Waals surface area contributed by atoms with E-state index in [1.807, 2.05) is 0 Å². The molecule has 3 aromatic heterocycles. The Labute approximate surface area is 144 Å². The Balaban J connectivity index is 2.07. The van der Waals surface area contributed by atoms with E-state index in [9.17, 15) is 8.42 Å². The summed E-state index contributed by atoms with van der Waals surface area (Å²) in [6, 6.07) is 0. The molecule has 3 heterocycles. The van der Waals surface area contributed by atoms with E-state index in [0.717, 1.165) is 30.4 Å². The molecule has 0 spiro atoms. The zero-order chi connectivity index (χ0) is 17.8. The summed E-state index contributed by atoms with van der Waals surface area (Å²) in [4.78, 5) is 17.3. The fourth-order valence-electron chi connectivity index (χ4n) is 2.78. The van der Waals surface area contributed by atoms with Crippen molar-refractivity contribution in [2.45, 2.75) is 30.7 Å². The number of furan rings is 1. The van der Waals surface area contributed by atoms with Gasteiger partial charge >= 0.3 is 0 Å². The van der Waals surface area contributed by atoms with Gasteiger partial charge in [-0.2, -0.15) is 0 Å². The topological polar surface area (TPSA) is 108 Å². The lowest BCUT2D eigenvalue weighted by Crippen LogP contribution is -2.07. The molecule has 0 N–H and O–H groups in total. The quantitative estimate of drug-likeness (QED) is 0.652. The van der Waals surface area contributed by atoms with E-state index in [1.165, 1.54) is 19.7 Å². The van der Waals surface area contributed by atoms with Crippen LogP contribution in [0.25, 0.3) is 22.5 Å². The lowest BCUT2D eigenvalue weighted by atomic mass is 10.1. The summed E-state index contributed by atoms with van der Waals surface area (Å²) in [5.41, 5.74) is 2.67. The first-order valence-corrected chi connectivity index (χ1v) is 9.64. The summed E-state index contributed by atoms with van der Waals surface area (Å²) < 4.78 is 35.2. The number of nitrogens with zero attached hydrogens (tertiary/aromatic N) is 4. The SMILES string of the molecule is COc1ncnc(C2CC2)c1-c1nc(S(C)(=O)=O)c2occ(C)c2n1. The first-order chi connectivity index (χ1) is 11.9. The predicted octanol–water partition coefficient (Wildman–Crippen LogP) is 2.28. The minimum atomic E-state index is -3.61. The average Bonchev–Trinajstić information content (AvgIpc) is 3.36. The molecule has 0 aromatic carbocycles. The molecule has 0 atom stereocenters. The molecule has 9 heteroatoms. The van der Waals surface area contributed by atoms with Crippen molar-refractivity contribution >= 4 is 20.9 Å². The molecule has 0 radical (unpaired) electrons. The normalized spacial score (nSPS) is 14.8. The fraction of sp³-hybridized carbons (Fsp3) is 0.375. The van der Waals surface area contributed by atoms with Crippen LogP contribution in [0, 0.1) is 6.92 Å². The molecule has 130 valence electrons. The van der Waals surface area contributed by atoms with Crippen LogP contribution in [-0.4, -0.2) is 41.7 Å². The number of hydrogen-bond acceptors (Lipinski definition) is 8. The maximum Gasteiger partial charge on any atom is 0.227 e. The molecular weight excluding hydrogens is 344 g/mol. The highest BCUT2D eigenvalue weighted by Crippen LogP contribution is 2.45. The molecule has 0 saturated heterocycles. The van der Waals surface area contributed by atoms with Crippen molar-refractivity contribution in [3.05, 3.63) is 23.8 Å². The Morgan fingerprint density at radius 2 is 2.00 bits per heavy atom. The third kappa shape index (κ3) is 2.64. The van der Waals surface area contributed by atoms with E-state index in [2.05, 4.69) is 19.9 Å². The van der Waals surface area contributed by atoms with Gasteiger partial charge in [0.1, 0.15) is 17.4 Å². The molecule has 0 amide bonds. The smallest absolute Gasteiger partial charge is 0.227 e. The number of sulfone groups is 1. The lowest BCUT2D eigenvalue weighted by molar-refractivity contribution is 0.397. The van der Waals surface area contributed by atoms with Gasteiger partial charge in [-0.25, -0.2) is 28.4 Å². The minimum absolute atomic E-state index is 0.145. The highest BCUT2D eigenvalue weighted by atomic mass is 32.2. The van der Waals surface area contributed by atoms with E-state index in [1.54, 1.807) is 6.92 Å². The second-order valence-corrected chi connectivity index (χ2v) is 8.07. The molecule has 1 saturated carbocycles. The van der Waals surface area contributed by atoms with Gasteiger partial charge in [-0.1, -0.05) is 0 Å². The molecule has 1 aliphatic rings. The third-order valence-electron chi connectivity index (χ3n) is 4.14. The van der Waals surface area contributed by atoms with Crippen molar-refractivity contribution in [2.24, 2.45) is 0 Å². The van der Waals surface area contributed by atoms with Gasteiger partial charge in [0.25, 0.3) is 0 Å². The van der Waals surface area contributed by atoms with Gasteiger partial charge in [0, 0.05) is 17.7 Å². The standard InChI is InChI=1S/C16H16N4O4S/c1-8-6-24-13-11(8)19-14(20-16(13)25(3,21)22)10-12(9-4-5-9)17-7-18-15(10)23-2/h6-7,9H,4-5H2,1-3H3. The summed E-state index contributed by atoms with van der Waals surface area (Å²) in [6.45, 7) is 1.80. The average molecular weight is 360 g/mol. The molecule has 3 aromatic rings. The van der Waals surface area contributed by atoms with Gasteiger partial charge in [0.05, 0.1) is 19.1 Å². The summed E-state index contributed by atoms with van der Waals surface area (Å²) in [6.07, 6.45) is 6.03. The fourth-order valence-corrected chi connectivity index (χ4v) is 3.52. The van der Waals surface area contributed by atoms with E-state index in [-0.39, 0.29) is 16.4 Å². The maximum atomic E-state index is 12.2. The highest BCUT2D eigenvalue weighted by molar-refractivity contribution is 7.90. The van der Waals surface area contributed by atoms with Crippen LogP contribution in [0.3, 0.4) is 0 Å². The van der Waals surface area contributed by atoms with Crippen LogP contribution < -0.4 is 4.74 Å². The van der Waals surface area contributed by atoms with Gasteiger partial charge in [-0.3, -0.25) is 0 Å². The summed E-state index contributed by atoms with van der Waals surface area (Å²) in [5, 5.41) is -0.145. The van der Waals surface area contributed by atoms with E-state index in [0.29, 0.717) is 22.9 Å². The van der Waals surface area contributed by atoms with Gasteiger partial charge in [0.15, 0.2) is 21.2 Å². The van der Waals surface area contributed by atoms with Crippen LogP contribution in [-0.2, 0) is 9.84 Å². The van der Waals surface area contributed by atoms with Crippen molar-refractivity contribution in [3.63, 3.8) is 0 Å². The molecule has 1 fully saturated rings. The second kappa shape index (κ2) is 5.48. The van der Waals surface area contributed by atoms with E-state index >= 15 is 0 Å². The molecule has 0 unspecified atom stereocenters.